The zero-order valence-electron chi connectivity index (χ0n) is 27.9. The standard InChI is InChI=1S/2C18H36O2.2Co/c2*1-2-3-4-5-6-7-8-9-10-11-12-13-14-15-16-17-18(19)20;;/h2*2-17H2,1H3,(H,19,20);;/q;;2*+2/p-2. The van der Waals surface area contributed by atoms with Crippen molar-refractivity contribution in [2.75, 3.05) is 0 Å². The van der Waals surface area contributed by atoms with Crippen LogP contribution < -0.4 is 10.2 Å². The molecule has 0 rings (SSSR count). The van der Waals surface area contributed by atoms with E-state index in [4.69, 9.17) is 0 Å². The van der Waals surface area contributed by atoms with Gasteiger partial charge in [-0.15, -0.1) is 0 Å². The molecule has 0 atom stereocenters. The molecule has 0 aliphatic heterocycles. The number of carbonyl (C=O) groups is 2. The first kappa shape index (κ1) is 48.8. The normalized spacial score (nSPS) is 10.3. The van der Waals surface area contributed by atoms with Crippen LogP contribution in [0.4, 0.5) is 0 Å². The number of carboxylic acids is 2. The van der Waals surface area contributed by atoms with Gasteiger partial charge >= 0.3 is 33.6 Å². The van der Waals surface area contributed by atoms with Crippen LogP contribution >= 0.6 is 0 Å². The van der Waals surface area contributed by atoms with Gasteiger partial charge in [0.15, 0.2) is 0 Å². The van der Waals surface area contributed by atoms with Crippen molar-refractivity contribution in [2.45, 2.75) is 219 Å². The molecular weight excluding hydrogens is 614 g/mol. The quantitative estimate of drug-likeness (QED) is 0.0661. The average molecular weight is 685 g/mol. The topological polar surface area (TPSA) is 80.3 Å². The van der Waals surface area contributed by atoms with Crippen LogP contribution in [0.5, 0.6) is 0 Å². The van der Waals surface area contributed by atoms with E-state index < -0.39 is 11.9 Å². The number of carbonyl (C=O) groups excluding carboxylic acids is 2. The average Bonchev–Trinajstić information content (AvgIpc) is 2.93. The third-order valence-electron chi connectivity index (χ3n) is 7.97. The van der Waals surface area contributed by atoms with E-state index in [-0.39, 0.29) is 46.4 Å². The van der Waals surface area contributed by atoms with Crippen molar-refractivity contribution in [1.82, 2.24) is 0 Å². The largest absolute Gasteiger partial charge is 2.00 e. The number of carboxylic acid groups (broad SMARTS) is 2. The van der Waals surface area contributed by atoms with Gasteiger partial charge in [0, 0.05) is 11.9 Å². The van der Waals surface area contributed by atoms with Crippen molar-refractivity contribution < 1.29 is 53.4 Å². The van der Waals surface area contributed by atoms with Crippen LogP contribution in [0, 0.1) is 0 Å². The fraction of sp³-hybridized carbons (Fsp3) is 0.944. The molecule has 0 spiro atoms. The van der Waals surface area contributed by atoms with Crippen LogP contribution in [0.1, 0.15) is 219 Å². The van der Waals surface area contributed by atoms with E-state index in [0.717, 1.165) is 25.7 Å². The predicted octanol–water partition coefficient (Wildman–Crippen LogP) is 9.99. The number of unbranched alkanes of at least 4 members (excludes halogenated alkanes) is 28. The summed E-state index contributed by atoms with van der Waals surface area (Å²) >= 11 is 0. The van der Waals surface area contributed by atoms with E-state index in [1.165, 1.54) is 167 Å². The summed E-state index contributed by atoms with van der Waals surface area (Å²) in [5, 5.41) is 20.4. The van der Waals surface area contributed by atoms with Crippen molar-refractivity contribution >= 4 is 11.9 Å². The van der Waals surface area contributed by atoms with Crippen LogP contribution in [-0.4, -0.2) is 11.9 Å². The Hall–Kier alpha value is -0.0470. The molecule has 0 heterocycles. The molecule has 6 heteroatoms. The van der Waals surface area contributed by atoms with Crippen molar-refractivity contribution in [3.8, 4) is 0 Å². The van der Waals surface area contributed by atoms with E-state index in [0.29, 0.717) is 0 Å². The molecule has 0 aromatic heterocycles. The Morgan fingerprint density at radius 2 is 0.452 bits per heavy atom. The molecule has 0 saturated carbocycles. The van der Waals surface area contributed by atoms with E-state index >= 15 is 0 Å². The first-order valence-electron chi connectivity index (χ1n) is 17.9. The molecule has 2 radical (unpaired) electrons. The molecule has 0 fully saturated rings. The molecule has 0 aromatic carbocycles. The van der Waals surface area contributed by atoms with Crippen molar-refractivity contribution in [1.29, 1.82) is 0 Å². The SMILES string of the molecule is CCCCCCCCCCCCCCCCCC(=O)[O-].CCCCCCCCCCCCCCCCCC(=O)[O-].[Co+2].[Co+2]. The van der Waals surface area contributed by atoms with Gasteiger partial charge in [-0.3, -0.25) is 0 Å². The molecule has 0 bridgehead atoms. The molecular formula is C36H70Co2O4+2. The third-order valence-corrected chi connectivity index (χ3v) is 7.97. The minimum absolute atomic E-state index is 0. The summed E-state index contributed by atoms with van der Waals surface area (Å²) in [6.07, 6.45) is 39.7. The Bertz CT molecular complexity index is 459. The summed E-state index contributed by atoms with van der Waals surface area (Å²) < 4.78 is 0. The Balaban J connectivity index is -0.000000328. The fourth-order valence-electron chi connectivity index (χ4n) is 5.28. The van der Waals surface area contributed by atoms with E-state index in [1.807, 2.05) is 0 Å². The first-order valence-corrected chi connectivity index (χ1v) is 17.9. The zero-order chi connectivity index (χ0) is 29.8. The van der Waals surface area contributed by atoms with Gasteiger partial charge in [0.1, 0.15) is 0 Å². The monoisotopic (exact) mass is 684 g/mol. The second-order valence-electron chi connectivity index (χ2n) is 12.1. The third kappa shape index (κ3) is 52.6. The van der Waals surface area contributed by atoms with Gasteiger partial charge in [-0.25, -0.2) is 0 Å². The maximum atomic E-state index is 10.2. The minimum Gasteiger partial charge on any atom is -0.550 e. The fourth-order valence-corrected chi connectivity index (χ4v) is 5.28. The summed E-state index contributed by atoms with van der Waals surface area (Å²) in [6, 6.07) is 0. The molecule has 0 unspecified atom stereocenters. The van der Waals surface area contributed by atoms with E-state index in [1.54, 1.807) is 0 Å². The molecule has 42 heavy (non-hydrogen) atoms. The van der Waals surface area contributed by atoms with Gasteiger partial charge in [-0.2, -0.15) is 0 Å². The molecule has 0 aliphatic rings. The van der Waals surface area contributed by atoms with E-state index in [9.17, 15) is 19.8 Å². The second-order valence-corrected chi connectivity index (χ2v) is 12.1. The Labute approximate surface area is 283 Å². The molecule has 0 aliphatic carbocycles. The summed E-state index contributed by atoms with van der Waals surface area (Å²) in [7, 11) is 0. The minimum atomic E-state index is -0.903. The van der Waals surface area contributed by atoms with Crippen molar-refractivity contribution in [3.05, 3.63) is 0 Å². The van der Waals surface area contributed by atoms with Crippen molar-refractivity contribution in [3.63, 3.8) is 0 Å². The first-order chi connectivity index (χ1) is 19.5. The molecule has 0 saturated heterocycles. The van der Waals surface area contributed by atoms with Gasteiger partial charge in [-0.1, -0.05) is 194 Å². The Kier molecular flexibility index (Phi) is 52.8. The number of hydrogen-bond donors (Lipinski definition) is 0. The molecule has 0 amide bonds. The number of rotatable bonds is 32. The van der Waals surface area contributed by atoms with Crippen LogP contribution in [0.15, 0.2) is 0 Å². The summed E-state index contributed by atoms with van der Waals surface area (Å²) in [5.41, 5.74) is 0. The maximum Gasteiger partial charge on any atom is 2.00 e. The summed E-state index contributed by atoms with van der Waals surface area (Å²) in [6.45, 7) is 4.53. The summed E-state index contributed by atoms with van der Waals surface area (Å²) in [4.78, 5) is 20.4. The Morgan fingerprint density at radius 3 is 0.595 bits per heavy atom. The predicted molar refractivity (Wildman–Crippen MR) is 169 cm³/mol. The van der Waals surface area contributed by atoms with Crippen LogP contribution in [0.3, 0.4) is 0 Å². The molecule has 254 valence electrons. The van der Waals surface area contributed by atoms with Crippen LogP contribution in [-0.2, 0) is 43.1 Å². The van der Waals surface area contributed by atoms with Crippen LogP contribution in [0.25, 0.3) is 0 Å². The second kappa shape index (κ2) is 45.4. The van der Waals surface area contributed by atoms with Gasteiger partial charge < -0.3 is 19.8 Å². The van der Waals surface area contributed by atoms with Gasteiger partial charge in [0.05, 0.1) is 0 Å². The van der Waals surface area contributed by atoms with Gasteiger partial charge in [0.2, 0.25) is 0 Å². The number of hydrogen-bond acceptors (Lipinski definition) is 4. The smallest absolute Gasteiger partial charge is 0.550 e. The van der Waals surface area contributed by atoms with E-state index in [2.05, 4.69) is 13.8 Å². The zero-order valence-corrected chi connectivity index (χ0v) is 30.0. The van der Waals surface area contributed by atoms with Crippen molar-refractivity contribution in [2.24, 2.45) is 0 Å². The number of aliphatic carboxylic acids is 2. The molecule has 4 nitrogen and oxygen atoms in total. The van der Waals surface area contributed by atoms with Gasteiger partial charge in [0.25, 0.3) is 0 Å². The Morgan fingerprint density at radius 1 is 0.310 bits per heavy atom. The summed E-state index contributed by atoms with van der Waals surface area (Å²) in [5.74, 6) is -1.81. The molecule has 0 N–H and O–H groups in total. The van der Waals surface area contributed by atoms with Crippen LogP contribution in [0.2, 0.25) is 0 Å². The maximum absolute atomic E-state index is 10.2. The van der Waals surface area contributed by atoms with Gasteiger partial charge in [-0.05, 0) is 25.7 Å². The molecule has 0 aromatic rings.